The van der Waals surface area contributed by atoms with E-state index in [1.807, 2.05) is 17.5 Å². The number of carbonyl (C=O) groups is 2. The monoisotopic (exact) mass is 311 g/mol. The molecular weight excluding hydrogens is 290 g/mol. The van der Waals surface area contributed by atoms with Crippen molar-refractivity contribution in [2.75, 3.05) is 19.6 Å². The smallest absolute Gasteiger partial charge is 0.305 e. The van der Waals surface area contributed by atoms with Gasteiger partial charge in [-0.05, 0) is 24.3 Å². The molecule has 2 heterocycles. The first kappa shape index (κ1) is 15.9. The molecule has 6 nitrogen and oxygen atoms in total. The number of hydrogen-bond donors (Lipinski definition) is 3. The Hall–Kier alpha value is -1.44. The van der Waals surface area contributed by atoms with Crippen LogP contribution in [0.15, 0.2) is 17.5 Å². The summed E-state index contributed by atoms with van der Waals surface area (Å²) >= 11 is 1.45. The average Bonchev–Trinajstić information content (AvgIpc) is 2.94. The van der Waals surface area contributed by atoms with E-state index >= 15 is 0 Å². The van der Waals surface area contributed by atoms with E-state index in [9.17, 15) is 9.59 Å². The number of carboxylic acids is 1. The molecule has 7 heteroatoms. The third kappa shape index (κ3) is 5.11. The van der Waals surface area contributed by atoms with Crippen LogP contribution < -0.4 is 11.1 Å². The van der Waals surface area contributed by atoms with Crippen LogP contribution in [0.4, 0.5) is 0 Å². The molecule has 1 atom stereocenters. The van der Waals surface area contributed by atoms with Crippen molar-refractivity contribution in [1.29, 1.82) is 0 Å². The van der Waals surface area contributed by atoms with Crippen LogP contribution >= 0.6 is 11.3 Å². The zero-order chi connectivity index (χ0) is 15.2. The minimum Gasteiger partial charge on any atom is -0.481 e. The summed E-state index contributed by atoms with van der Waals surface area (Å²) in [6, 6.07) is 3.48. The fraction of sp³-hybridized carbons (Fsp3) is 0.571. The van der Waals surface area contributed by atoms with Crippen LogP contribution in [0.1, 0.15) is 30.2 Å². The van der Waals surface area contributed by atoms with Crippen molar-refractivity contribution in [1.82, 2.24) is 10.2 Å². The number of aliphatic carboxylic acids is 1. The molecule has 1 aliphatic rings. The van der Waals surface area contributed by atoms with Gasteiger partial charge in [-0.15, -0.1) is 11.3 Å². The second-order valence-corrected chi connectivity index (χ2v) is 6.33. The van der Waals surface area contributed by atoms with Gasteiger partial charge < -0.3 is 16.2 Å². The SMILES string of the molecule is NC1CCN(CC(=O)NC(CC(=O)O)c2cccs2)CC1. The van der Waals surface area contributed by atoms with Gasteiger partial charge in [-0.3, -0.25) is 14.5 Å². The normalized spacial score (nSPS) is 18.3. The molecule has 2 rings (SSSR count). The molecule has 0 aliphatic carbocycles. The van der Waals surface area contributed by atoms with Crippen molar-refractivity contribution < 1.29 is 14.7 Å². The van der Waals surface area contributed by atoms with E-state index in [0.717, 1.165) is 30.8 Å². The van der Waals surface area contributed by atoms with E-state index < -0.39 is 12.0 Å². The lowest BCUT2D eigenvalue weighted by molar-refractivity contribution is -0.137. The zero-order valence-electron chi connectivity index (χ0n) is 11.8. The third-order valence-electron chi connectivity index (χ3n) is 3.60. The molecule has 0 saturated carbocycles. The van der Waals surface area contributed by atoms with Crippen molar-refractivity contribution in [3.8, 4) is 0 Å². The number of piperidine rings is 1. The summed E-state index contributed by atoms with van der Waals surface area (Å²) in [5, 5.41) is 13.7. The van der Waals surface area contributed by atoms with Crippen molar-refractivity contribution in [2.24, 2.45) is 5.73 Å². The summed E-state index contributed by atoms with van der Waals surface area (Å²) in [6.07, 6.45) is 1.70. The van der Waals surface area contributed by atoms with Crippen LogP contribution in [-0.4, -0.2) is 47.6 Å². The molecule has 1 aromatic heterocycles. The van der Waals surface area contributed by atoms with Gasteiger partial charge in [0.1, 0.15) is 0 Å². The van der Waals surface area contributed by atoms with Crippen molar-refractivity contribution in [2.45, 2.75) is 31.3 Å². The second kappa shape index (κ2) is 7.53. The van der Waals surface area contributed by atoms with Gasteiger partial charge in [0.2, 0.25) is 5.91 Å². The van der Waals surface area contributed by atoms with Crippen LogP contribution in [0.3, 0.4) is 0 Å². The topological polar surface area (TPSA) is 95.7 Å². The van der Waals surface area contributed by atoms with Gasteiger partial charge in [0.25, 0.3) is 0 Å². The van der Waals surface area contributed by atoms with Crippen molar-refractivity contribution >= 4 is 23.2 Å². The lowest BCUT2D eigenvalue weighted by atomic mass is 10.1. The number of thiophene rings is 1. The zero-order valence-corrected chi connectivity index (χ0v) is 12.6. The number of rotatable bonds is 6. The molecule has 1 amide bonds. The first-order valence-corrected chi connectivity index (χ1v) is 7.95. The molecule has 1 fully saturated rings. The fourth-order valence-corrected chi connectivity index (χ4v) is 3.22. The van der Waals surface area contributed by atoms with E-state index in [2.05, 4.69) is 10.2 Å². The largest absolute Gasteiger partial charge is 0.481 e. The molecule has 21 heavy (non-hydrogen) atoms. The number of carboxylic acid groups (broad SMARTS) is 1. The van der Waals surface area contributed by atoms with Crippen molar-refractivity contribution in [3.63, 3.8) is 0 Å². The van der Waals surface area contributed by atoms with E-state index in [-0.39, 0.29) is 18.4 Å². The maximum atomic E-state index is 12.1. The highest BCUT2D eigenvalue weighted by molar-refractivity contribution is 7.10. The first-order valence-electron chi connectivity index (χ1n) is 7.07. The number of amides is 1. The fourth-order valence-electron chi connectivity index (χ4n) is 2.44. The summed E-state index contributed by atoms with van der Waals surface area (Å²) in [5.74, 6) is -1.05. The molecule has 1 saturated heterocycles. The number of hydrogen-bond acceptors (Lipinski definition) is 5. The molecule has 4 N–H and O–H groups in total. The Labute approximate surface area is 127 Å². The van der Waals surface area contributed by atoms with E-state index in [4.69, 9.17) is 10.8 Å². The van der Waals surface area contributed by atoms with Gasteiger partial charge in [-0.2, -0.15) is 0 Å². The Bertz CT molecular complexity index is 470. The van der Waals surface area contributed by atoms with Gasteiger partial charge in [0.05, 0.1) is 19.0 Å². The van der Waals surface area contributed by atoms with Gasteiger partial charge in [-0.1, -0.05) is 6.07 Å². The van der Waals surface area contributed by atoms with Crippen LogP contribution in [0.25, 0.3) is 0 Å². The molecule has 0 aromatic carbocycles. The molecule has 1 aliphatic heterocycles. The summed E-state index contributed by atoms with van der Waals surface area (Å²) < 4.78 is 0. The average molecular weight is 311 g/mol. The first-order chi connectivity index (χ1) is 10.0. The van der Waals surface area contributed by atoms with Crippen LogP contribution in [-0.2, 0) is 9.59 Å². The van der Waals surface area contributed by atoms with Gasteiger partial charge in [-0.25, -0.2) is 0 Å². The van der Waals surface area contributed by atoms with Crippen LogP contribution in [0, 0.1) is 0 Å². The van der Waals surface area contributed by atoms with Crippen LogP contribution in [0.2, 0.25) is 0 Å². The predicted molar refractivity (Wildman–Crippen MR) is 81.1 cm³/mol. The highest BCUT2D eigenvalue weighted by Crippen LogP contribution is 2.22. The maximum Gasteiger partial charge on any atom is 0.305 e. The highest BCUT2D eigenvalue weighted by atomic mass is 32.1. The summed E-state index contributed by atoms with van der Waals surface area (Å²) in [7, 11) is 0. The Kier molecular flexibility index (Phi) is 5.72. The Morgan fingerprint density at radius 2 is 2.19 bits per heavy atom. The molecule has 116 valence electrons. The van der Waals surface area contributed by atoms with E-state index in [1.54, 1.807) is 0 Å². The molecule has 0 bridgehead atoms. The number of nitrogens with two attached hydrogens (primary N) is 1. The lowest BCUT2D eigenvalue weighted by Crippen LogP contribution is -2.45. The summed E-state index contributed by atoms with van der Waals surface area (Å²) in [4.78, 5) is 26.0. The van der Waals surface area contributed by atoms with E-state index in [0.29, 0.717) is 6.54 Å². The molecule has 0 radical (unpaired) electrons. The third-order valence-corrected chi connectivity index (χ3v) is 4.59. The lowest BCUT2D eigenvalue weighted by Gasteiger charge is -2.29. The quantitative estimate of drug-likeness (QED) is 0.722. The van der Waals surface area contributed by atoms with Gasteiger partial charge in [0.15, 0.2) is 0 Å². The van der Waals surface area contributed by atoms with E-state index in [1.165, 1.54) is 11.3 Å². The number of nitrogens with zero attached hydrogens (tertiary/aromatic N) is 1. The van der Waals surface area contributed by atoms with Crippen molar-refractivity contribution in [3.05, 3.63) is 22.4 Å². The summed E-state index contributed by atoms with van der Waals surface area (Å²) in [5.41, 5.74) is 5.84. The maximum absolute atomic E-state index is 12.1. The Balaban J connectivity index is 1.87. The molecular formula is C14H21N3O3S. The molecule has 1 aromatic rings. The summed E-state index contributed by atoms with van der Waals surface area (Å²) in [6.45, 7) is 1.93. The number of nitrogens with one attached hydrogen (secondary N) is 1. The molecule has 0 spiro atoms. The minimum absolute atomic E-state index is 0.100. The van der Waals surface area contributed by atoms with Gasteiger partial charge >= 0.3 is 5.97 Å². The standard InChI is InChI=1S/C14H21N3O3S/c15-10-3-5-17(6-4-10)9-13(18)16-11(8-14(19)20)12-2-1-7-21-12/h1-2,7,10-11H,3-6,8-9,15H2,(H,16,18)(H,19,20). The minimum atomic E-state index is -0.919. The number of likely N-dealkylation sites (tertiary alicyclic amines) is 1. The second-order valence-electron chi connectivity index (χ2n) is 5.35. The Morgan fingerprint density at radius 1 is 1.48 bits per heavy atom. The number of carbonyl (C=O) groups excluding carboxylic acids is 1. The van der Waals surface area contributed by atoms with Gasteiger partial charge in [0, 0.05) is 24.0 Å². The van der Waals surface area contributed by atoms with Crippen LogP contribution in [0.5, 0.6) is 0 Å². The molecule has 1 unspecified atom stereocenters. The Morgan fingerprint density at radius 3 is 2.76 bits per heavy atom. The predicted octanol–water partition coefficient (Wildman–Crippen LogP) is 0.803. The highest BCUT2D eigenvalue weighted by Gasteiger charge is 2.22.